The van der Waals surface area contributed by atoms with Gasteiger partial charge in [0.05, 0.1) is 12.2 Å². The van der Waals surface area contributed by atoms with Crippen molar-refractivity contribution < 1.29 is 14.3 Å². The van der Waals surface area contributed by atoms with Gasteiger partial charge in [-0.05, 0) is 30.3 Å². The van der Waals surface area contributed by atoms with Gasteiger partial charge >= 0.3 is 0 Å². The lowest BCUT2D eigenvalue weighted by atomic mass is 10.2. The number of hydrogen-bond acceptors (Lipinski definition) is 3. The summed E-state index contributed by atoms with van der Waals surface area (Å²) in [5, 5.41) is 11.2. The molecular weight excluding hydrogens is 271 g/mol. The van der Waals surface area contributed by atoms with Crippen molar-refractivity contribution in [3.8, 4) is 11.8 Å². The highest BCUT2D eigenvalue weighted by molar-refractivity contribution is 6.04. The number of aromatic nitrogens is 1. The largest absolute Gasteiger partial charge is 0.395 e. The first-order chi connectivity index (χ1) is 10.2. The third-order valence-electron chi connectivity index (χ3n) is 2.63. The summed E-state index contributed by atoms with van der Waals surface area (Å²) in [6.45, 7) is -0.0608. The molecule has 1 amide bonds. The number of nitrogens with one attached hydrogen (secondary N) is 1. The zero-order valence-corrected chi connectivity index (χ0v) is 11.1. The molecule has 0 saturated heterocycles. The highest BCUT2D eigenvalue weighted by Crippen LogP contribution is 2.15. The molecule has 0 atom stereocenters. The second kappa shape index (κ2) is 7.17. The Morgan fingerprint density at radius 1 is 1.29 bits per heavy atom. The van der Waals surface area contributed by atoms with E-state index in [2.05, 4.69) is 22.1 Å². The molecule has 2 N–H and O–H groups in total. The van der Waals surface area contributed by atoms with Crippen LogP contribution in [0.3, 0.4) is 0 Å². The number of hydrogen-bond donors (Lipinski definition) is 2. The van der Waals surface area contributed by atoms with Crippen molar-refractivity contribution in [2.45, 2.75) is 6.42 Å². The number of rotatable bonds is 3. The maximum absolute atomic E-state index is 13.8. The summed E-state index contributed by atoms with van der Waals surface area (Å²) in [6.07, 6.45) is 3.31. The van der Waals surface area contributed by atoms with Gasteiger partial charge < -0.3 is 10.4 Å². The quantitative estimate of drug-likeness (QED) is 0.849. The normalized spacial score (nSPS) is 9.62. The van der Waals surface area contributed by atoms with E-state index in [9.17, 15) is 9.18 Å². The first-order valence-electron chi connectivity index (χ1n) is 6.31. The summed E-state index contributed by atoms with van der Waals surface area (Å²) >= 11 is 0. The van der Waals surface area contributed by atoms with E-state index in [1.165, 1.54) is 24.5 Å². The molecule has 21 heavy (non-hydrogen) atoms. The molecule has 0 unspecified atom stereocenters. The lowest BCUT2D eigenvalue weighted by molar-refractivity contribution is 0.102. The van der Waals surface area contributed by atoms with Gasteiger partial charge in [0.2, 0.25) is 0 Å². The summed E-state index contributed by atoms with van der Waals surface area (Å²) in [7, 11) is 0. The van der Waals surface area contributed by atoms with Gasteiger partial charge in [-0.25, -0.2) is 4.39 Å². The lowest BCUT2D eigenvalue weighted by Gasteiger charge is -2.05. The number of aliphatic hydroxyl groups is 1. The Balaban J connectivity index is 2.11. The maximum atomic E-state index is 13.8. The van der Waals surface area contributed by atoms with E-state index in [1.807, 2.05) is 0 Å². The van der Waals surface area contributed by atoms with Gasteiger partial charge in [-0.1, -0.05) is 11.8 Å². The monoisotopic (exact) mass is 284 g/mol. The van der Waals surface area contributed by atoms with E-state index in [4.69, 9.17) is 5.11 Å². The third-order valence-corrected chi connectivity index (χ3v) is 2.63. The summed E-state index contributed by atoms with van der Waals surface area (Å²) in [6, 6.07) is 7.41. The second-order valence-electron chi connectivity index (χ2n) is 4.16. The molecule has 0 radical (unpaired) electrons. The Morgan fingerprint density at radius 3 is 2.71 bits per heavy atom. The van der Waals surface area contributed by atoms with Gasteiger partial charge in [-0.15, -0.1) is 0 Å². The van der Waals surface area contributed by atoms with Crippen LogP contribution in [-0.4, -0.2) is 22.6 Å². The Hall–Kier alpha value is -2.71. The number of carbonyl (C=O) groups excluding carboxylic acids is 1. The van der Waals surface area contributed by atoms with Crippen molar-refractivity contribution in [2.24, 2.45) is 0 Å². The molecule has 0 aliphatic heterocycles. The van der Waals surface area contributed by atoms with E-state index < -0.39 is 5.82 Å². The number of pyridine rings is 1. The Morgan fingerprint density at radius 2 is 2.05 bits per heavy atom. The molecule has 5 heteroatoms. The molecule has 0 fully saturated rings. The van der Waals surface area contributed by atoms with Gasteiger partial charge in [0, 0.05) is 30.1 Å². The lowest BCUT2D eigenvalue weighted by Crippen LogP contribution is -2.12. The number of nitrogens with zero attached hydrogens (tertiary/aromatic N) is 1. The zero-order valence-electron chi connectivity index (χ0n) is 11.1. The summed E-state index contributed by atoms with van der Waals surface area (Å²) in [4.78, 5) is 15.7. The van der Waals surface area contributed by atoms with Crippen LogP contribution in [0.4, 0.5) is 10.1 Å². The van der Waals surface area contributed by atoms with Crippen LogP contribution >= 0.6 is 0 Å². The second-order valence-corrected chi connectivity index (χ2v) is 4.16. The van der Waals surface area contributed by atoms with Crippen LogP contribution in [0.1, 0.15) is 22.3 Å². The van der Waals surface area contributed by atoms with Crippen LogP contribution in [0.5, 0.6) is 0 Å². The molecule has 106 valence electrons. The fraction of sp³-hybridized carbons (Fsp3) is 0.125. The molecule has 0 spiro atoms. The zero-order chi connectivity index (χ0) is 15.1. The minimum atomic E-state index is -0.520. The topological polar surface area (TPSA) is 62.2 Å². The molecule has 2 aromatic rings. The average molecular weight is 284 g/mol. The van der Waals surface area contributed by atoms with Crippen LogP contribution in [0.15, 0.2) is 42.7 Å². The van der Waals surface area contributed by atoms with Gasteiger partial charge in [0.25, 0.3) is 5.91 Å². The van der Waals surface area contributed by atoms with Crippen LogP contribution in [-0.2, 0) is 0 Å². The first kappa shape index (κ1) is 14.7. The van der Waals surface area contributed by atoms with Crippen molar-refractivity contribution in [1.82, 2.24) is 4.98 Å². The summed E-state index contributed by atoms with van der Waals surface area (Å²) in [5.41, 5.74) is 1.02. The predicted octanol–water partition coefficient (Wildman–Crippen LogP) is 2.21. The van der Waals surface area contributed by atoms with Gasteiger partial charge in [0.1, 0.15) is 5.82 Å². The summed E-state index contributed by atoms with van der Waals surface area (Å²) < 4.78 is 13.8. The van der Waals surface area contributed by atoms with Gasteiger partial charge in [0.15, 0.2) is 0 Å². The van der Waals surface area contributed by atoms with Crippen molar-refractivity contribution in [3.63, 3.8) is 0 Å². The minimum Gasteiger partial charge on any atom is -0.395 e. The van der Waals surface area contributed by atoms with Crippen LogP contribution in [0.2, 0.25) is 0 Å². The van der Waals surface area contributed by atoms with E-state index >= 15 is 0 Å². The predicted molar refractivity (Wildman–Crippen MR) is 77.2 cm³/mol. The molecule has 0 bridgehead atoms. The SMILES string of the molecule is O=C(Nc1ccc(C#CCCO)c(F)c1)c1ccncc1. The van der Waals surface area contributed by atoms with E-state index in [0.29, 0.717) is 17.7 Å². The van der Waals surface area contributed by atoms with E-state index in [0.717, 1.165) is 0 Å². The fourth-order valence-electron chi connectivity index (χ4n) is 1.61. The Bertz CT molecular complexity index is 690. The van der Waals surface area contributed by atoms with E-state index in [1.54, 1.807) is 18.2 Å². The molecule has 1 aromatic heterocycles. The third kappa shape index (κ3) is 4.13. The molecule has 0 aliphatic rings. The van der Waals surface area contributed by atoms with E-state index in [-0.39, 0.29) is 18.1 Å². The number of halogens is 1. The highest BCUT2D eigenvalue weighted by Gasteiger charge is 2.07. The maximum Gasteiger partial charge on any atom is 0.255 e. The number of carbonyl (C=O) groups is 1. The van der Waals surface area contributed by atoms with Gasteiger partial charge in [-0.3, -0.25) is 9.78 Å². The number of benzene rings is 1. The van der Waals surface area contributed by atoms with Crippen LogP contribution in [0, 0.1) is 17.7 Å². The molecular formula is C16H13FN2O2. The summed E-state index contributed by atoms with van der Waals surface area (Å²) in [5.74, 6) is 4.41. The Kier molecular flexibility index (Phi) is 5.02. The number of aliphatic hydroxyl groups excluding tert-OH is 1. The smallest absolute Gasteiger partial charge is 0.255 e. The first-order valence-corrected chi connectivity index (χ1v) is 6.31. The fourth-order valence-corrected chi connectivity index (χ4v) is 1.61. The number of anilines is 1. The van der Waals surface area contributed by atoms with Crippen molar-refractivity contribution in [2.75, 3.05) is 11.9 Å². The highest BCUT2D eigenvalue weighted by atomic mass is 19.1. The molecule has 0 aliphatic carbocycles. The Labute approximate surface area is 121 Å². The van der Waals surface area contributed by atoms with Crippen molar-refractivity contribution >= 4 is 11.6 Å². The standard InChI is InChI=1S/C16H13FN2O2/c17-15-11-14(5-4-12(15)3-1-2-10-20)19-16(21)13-6-8-18-9-7-13/h4-9,11,20H,2,10H2,(H,19,21). The molecule has 4 nitrogen and oxygen atoms in total. The van der Waals surface area contributed by atoms with Crippen molar-refractivity contribution in [3.05, 3.63) is 59.7 Å². The van der Waals surface area contributed by atoms with Crippen molar-refractivity contribution in [1.29, 1.82) is 0 Å². The van der Waals surface area contributed by atoms with Gasteiger partial charge in [-0.2, -0.15) is 0 Å². The molecule has 1 heterocycles. The molecule has 0 saturated carbocycles. The average Bonchev–Trinajstić information content (AvgIpc) is 2.50. The van der Waals surface area contributed by atoms with Crippen LogP contribution in [0.25, 0.3) is 0 Å². The van der Waals surface area contributed by atoms with Crippen LogP contribution < -0.4 is 5.32 Å². The molecule has 2 rings (SSSR count). The minimum absolute atomic E-state index is 0.0608. The number of amides is 1. The molecule has 1 aromatic carbocycles.